The molecule has 3 amide bonds. The molecule has 1 aromatic heterocycles. The third-order valence-electron chi connectivity index (χ3n) is 9.02. The zero-order valence-electron chi connectivity index (χ0n) is 24.9. The Bertz CT molecular complexity index is 1390. The van der Waals surface area contributed by atoms with Gasteiger partial charge in [-0.2, -0.15) is 0 Å². The lowest BCUT2D eigenvalue weighted by atomic mass is 9.77. The number of nitrogens with one attached hydrogen (secondary N) is 1. The number of piperidine rings is 2. The van der Waals surface area contributed by atoms with Crippen molar-refractivity contribution in [3.63, 3.8) is 0 Å². The minimum Gasteiger partial charge on any atom is -0.493 e. The SMILES string of the molecule is COc1cc2cc(c1OC)CCCNC(=O)CCC[C@H]1[C@@H]3C[C@@H](CN(C(=O)c4ccn(C)c(=O)c4)C3)CN1C(=O)CC2. The van der Waals surface area contributed by atoms with Crippen LogP contribution in [0.3, 0.4) is 0 Å². The van der Waals surface area contributed by atoms with E-state index >= 15 is 0 Å². The van der Waals surface area contributed by atoms with Crippen LogP contribution in [0.1, 0.15) is 60.0 Å². The Morgan fingerprint density at radius 2 is 1.79 bits per heavy atom. The zero-order chi connectivity index (χ0) is 29.8. The van der Waals surface area contributed by atoms with Gasteiger partial charge in [0.2, 0.25) is 11.8 Å². The van der Waals surface area contributed by atoms with Crippen molar-refractivity contribution in [1.82, 2.24) is 19.7 Å². The van der Waals surface area contributed by atoms with Gasteiger partial charge in [0.1, 0.15) is 0 Å². The van der Waals surface area contributed by atoms with Crippen molar-refractivity contribution in [2.24, 2.45) is 18.9 Å². The average molecular weight is 579 g/mol. The van der Waals surface area contributed by atoms with Crippen LogP contribution >= 0.6 is 0 Å². The first-order valence-electron chi connectivity index (χ1n) is 15.0. The van der Waals surface area contributed by atoms with Crippen molar-refractivity contribution >= 4 is 17.7 Å². The Kier molecular flexibility index (Phi) is 9.18. The third-order valence-corrected chi connectivity index (χ3v) is 9.02. The van der Waals surface area contributed by atoms with Crippen LogP contribution in [0.25, 0.3) is 0 Å². The summed E-state index contributed by atoms with van der Waals surface area (Å²) < 4.78 is 12.7. The number of carbonyl (C=O) groups excluding carboxylic acids is 3. The molecule has 42 heavy (non-hydrogen) atoms. The fraction of sp³-hybridized carbons (Fsp3) is 0.562. The van der Waals surface area contributed by atoms with Crippen LogP contribution in [-0.2, 0) is 29.5 Å². The van der Waals surface area contributed by atoms with Gasteiger partial charge in [-0.25, -0.2) is 0 Å². The highest BCUT2D eigenvalue weighted by molar-refractivity contribution is 5.94. The highest BCUT2D eigenvalue weighted by atomic mass is 16.5. The van der Waals surface area contributed by atoms with Crippen LogP contribution in [0.2, 0.25) is 0 Å². The first-order chi connectivity index (χ1) is 20.3. The van der Waals surface area contributed by atoms with E-state index in [4.69, 9.17) is 9.47 Å². The average Bonchev–Trinajstić information content (AvgIpc) is 2.99. The van der Waals surface area contributed by atoms with E-state index in [0.717, 1.165) is 30.4 Å². The molecule has 3 aliphatic heterocycles. The molecular formula is C32H42N4O6. The second-order valence-electron chi connectivity index (χ2n) is 11.9. The molecule has 3 aliphatic rings. The number of pyridine rings is 1. The number of nitrogens with zero attached hydrogens (tertiary/aromatic N) is 3. The first-order valence-corrected chi connectivity index (χ1v) is 15.0. The minimum atomic E-state index is -0.216. The van der Waals surface area contributed by atoms with Gasteiger partial charge in [-0.05, 0) is 73.6 Å². The Labute approximate surface area is 247 Å². The van der Waals surface area contributed by atoms with Crippen LogP contribution in [0.5, 0.6) is 11.5 Å². The number of aryl methyl sites for hydroxylation is 3. The summed E-state index contributed by atoms with van der Waals surface area (Å²) in [6.07, 6.45) is 6.82. The second-order valence-corrected chi connectivity index (χ2v) is 11.9. The summed E-state index contributed by atoms with van der Waals surface area (Å²) in [6, 6.07) is 7.07. The molecule has 226 valence electrons. The summed E-state index contributed by atoms with van der Waals surface area (Å²) in [5, 5.41) is 3.04. The molecular weight excluding hydrogens is 536 g/mol. The van der Waals surface area contributed by atoms with Gasteiger partial charge in [0.15, 0.2) is 11.5 Å². The Hall–Kier alpha value is -3.82. The van der Waals surface area contributed by atoms with Crippen LogP contribution in [0.15, 0.2) is 35.3 Å². The fourth-order valence-corrected chi connectivity index (χ4v) is 6.93. The fourth-order valence-electron chi connectivity index (χ4n) is 6.93. The number of hydrogen-bond acceptors (Lipinski definition) is 6. The van der Waals surface area contributed by atoms with Crippen LogP contribution in [0.4, 0.5) is 0 Å². The number of hydrogen-bond donors (Lipinski definition) is 1. The highest BCUT2D eigenvalue weighted by Crippen LogP contribution is 2.37. The maximum absolute atomic E-state index is 13.8. The third kappa shape index (κ3) is 6.47. The van der Waals surface area contributed by atoms with E-state index in [9.17, 15) is 19.2 Å². The van der Waals surface area contributed by atoms with E-state index in [0.29, 0.717) is 75.3 Å². The Balaban J connectivity index is 1.37. The molecule has 2 fully saturated rings. The maximum Gasteiger partial charge on any atom is 0.254 e. The van der Waals surface area contributed by atoms with Gasteiger partial charge >= 0.3 is 0 Å². The maximum atomic E-state index is 13.8. The summed E-state index contributed by atoms with van der Waals surface area (Å²) >= 11 is 0. The number of aromatic nitrogens is 1. The monoisotopic (exact) mass is 578 g/mol. The molecule has 10 nitrogen and oxygen atoms in total. The van der Waals surface area contributed by atoms with E-state index in [1.807, 2.05) is 15.9 Å². The molecule has 5 rings (SSSR count). The standard InChI is InChI=1S/C32H42N4O6/c1-34-13-11-24(17-30(34)39)32(40)35-18-22-15-25(20-35)26-7-4-8-28(37)33-12-5-6-23-14-21(9-10-29(38)36(26)19-22)16-27(41-2)31(23)42-3/h11,13-14,16-17,22,25-26H,4-10,12,15,18-20H2,1-3H3,(H,33,37)/t22-,25+,26-/m0/s1. The zero-order valence-corrected chi connectivity index (χ0v) is 24.9. The van der Waals surface area contributed by atoms with Crippen molar-refractivity contribution in [3.05, 3.63) is 57.5 Å². The number of ether oxygens (including phenoxy) is 2. The summed E-state index contributed by atoms with van der Waals surface area (Å²) in [5.74, 6) is 1.60. The molecule has 4 bridgehead atoms. The van der Waals surface area contributed by atoms with Gasteiger partial charge in [-0.15, -0.1) is 0 Å². The molecule has 0 unspecified atom stereocenters. The summed E-state index contributed by atoms with van der Waals surface area (Å²) in [4.78, 5) is 55.9. The first kappa shape index (κ1) is 29.7. The van der Waals surface area contributed by atoms with E-state index in [1.54, 1.807) is 33.5 Å². The van der Waals surface area contributed by atoms with Gasteiger partial charge < -0.3 is 29.2 Å². The number of rotatable bonds is 3. The van der Waals surface area contributed by atoms with Gasteiger partial charge in [0.25, 0.3) is 11.5 Å². The smallest absolute Gasteiger partial charge is 0.254 e. The number of benzene rings is 1. The summed E-state index contributed by atoms with van der Waals surface area (Å²) in [7, 11) is 4.90. The van der Waals surface area contributed by atoms with Crippen molar-refractivity contribution in [2.45, 2.75) is 57.4 Å². The van der Waals surface area contributed by atoms with Gasteiger partial charge in [0, 0.05) is 69.9 Å². The Morgan fingerprint density at radius 1 is 0.952 bits per heavy atom. The predicted octanol–water partition coefficient (Wildman–Crippen LogP) is 2.56. The predicted molar refractivity (Wildman–Crippen MR) is 158 cm³/mol. The molecule has 4 heterocycles. The lowest BCUT2D eigenvalue weighted by molar-refractivity contribution is -0.140. The second kappa shape index (κ2) is 13.0. The molecule has 1 aromatic carbocycles. The molecule has 3 atom stereocenters. The lowest BCUT2D eigenvalue weighted by Gasteiger charge is -2.51. The molecule has 2 aromatic rings. The number of methoxy groups -OCH3 is 2. The van der Waals surface area contributed by atoms with E-state index in [-0.39, 0.29) is 41.2 Å². The van der Waals surface area contributed by atoms with Crippen LogP contribution in [-0.4, -0.2) is 78.5 Å². The highest BCUT2D eigenvalue weighted by Gasteiger charge is 2.43. The molecule has 1 N–H and O–H groups in total. The normalized spacial score (nSPS) is 23.5. The lowest BCUT2D eigenvalue weighted by Crippen LogP contribution is -2.60. The summed E-state index contributed by atoms with van der Waals surface area (Å²) in [6.45, 7) is 2.25. The van der Waals surface area contributed by atoms with Crippen molar-refractivity contribution in [2.75, 3.05) is 40.4 Å². The van der Waals surface area contributed by atoms with E-state index in [2.05, 4.69) is 11.4 Å². The van der Waals surface area contributed by atoms with E-state index < -0.39 is 0 Å². The van der Waals surface area contributed by atoms with Crippen LogP contribution in [0, 0.1) is 11.8 Å². The molecule has 10 heteroatoms. The van der Waals surface area contributed by atoms with E-state index in [1.165, 1.54) is 10.6 Å². The van der Waals surface area contributed by atoms with Crippen LogP contribution < -0.4 is 20.3 Å². The summed E-state index contributed by atoms with van der Waals surface area (Å²) in [5.41, 5.74) is 2.21. The molecule has 0 spiro atoms. The minimum absolute atomic E-state index is 0.0121. The topological polar surface area (TPSA) is 110 Å². The number of amides is 3. The van der Waals surface area contributed by atoms with Crippen molar-refractivity contribution < 1.29 is 23.9 Å². The van der Waals surface area contributed by atoms with Crippen molar-refractivity contribution in [1.29, 1.82) is 0 Å². The van der Waals surface area contributed by atoms with Gasteiger partial charge in [0.05, 0.1) is 14.2 Å². The number of carbonyl (C=O) groups is 3. The van der Waals surface area contributed by atoms with Gasteiger partial charge in [-0.1, -0.05) is 6.07 Å². The van der Waals surface area contributed by atoms with Crippen molar-refractivity contribution in [3.8, 4) is 11.5 Å². The molecule has 0 saturated carbocycles. The number of fused-ring (bicyclic) bond motifs is 6. The molecule has 2 saturated heterocycles. The number of likely N-dealkylation sites (tertiary alicyclic amines) is 1. The van der Waals surface area contributed by atoms with Gasteiger partial charge in [-0.3, -0.25) is 19.2 Å². The Morgan fingerprint density at radius 3 is 2.55 bits per heavy atom. The quantitative estimate of drug-likeness (QED) is 0.600. The molecule has 0 radical (unpaired) electrons. The largest absolute Gasteiger partial charge is 0.493 e. The molecule has 0 aliphatic carbocycles.